The van der Waals surface area contributed by atoms with Gasteiger partial charge in [-0.25, -0.2) is 0 Å². The van der Waals surface area contributed by atoms with Crippen molar-refractivity contribution in [2.45, 2.75) is 5.25 Å². The van der Waals surface area contributed by atoms with Gasteiger partial charge in [0.25, 0.3) is 0 Å². The summed E-state index contributed by atoms with van der Waals surface area (Å²) in [5.74, 6) is -1.19. The van der Waals surface area contributed by atoms with Crippen LogP contribution in [0.1, 0.15) is 10.4 Å². The molecule has 1 aliphatic heterocycles. The summed E-state index contributed by atoms with van der Waals surface area (Å²) in [6.45, 7) is 0. The Hall–Kier alpha value is -1.69. The molecule has 1 radical (unpaired) electrons. The lowest BCUT2D eigenvalue weighted by atomic mass is 10.1. The second-order valence-electron chi connectivity index (χ2n) is 3.13. The molecule has 1 saturated heterocycles. The number of carbonyl (C=O) groups is 3. The van der Waals surface area contributed by atoms with Crippen LogP contribution in [0.25, 0.3) is 0 Å². The van der Waals surface area contributed by atoms with Crippen LogP contribution in [-0.4, -0.2) is 33.6 Å². The third kappa shape index (κ3) is 2.11. The van der Waals surface area contributed by atoms with E-state index in [-0.39, 0.29) is 23.0 Å². The summed E-state index contributed by atoms with van der Waals surface area (Å²) < 4.78 is 0. The van der Waals surface area contributed by atoms with Gasteiger partial charge >= 0.3 is 0 Å². The van der Waals surface area contributed by atoms with Crippen LogP contribution in [0.5, 0.6) is 0 Å². The van der Waals surface area contributed by atoms with E-state index in [1.165, 1.54) is 6.20 Å². The van der Waals surface area contributed by atoms with E-state index in [0.29, 0.717) is 0 Å². The minimum atomic E-state index is -0.877. The monoisotopic (exact) mass is 235 g/mol. The van der Waals surface area contributed by atoms with Crippen LogP contribution < -0.4 is 5.32 Å². The number of nitrogens with one attached hydrogen (secondary N) is 1. The zero-order chi connectivity index (χ0) is 11.5. The number of thioether (sulfide) groups is 1. The molecule has 1 atom stereocenters. The number of amides is 2. The largest absolute Gasteiger partial charge is 0.294 e. The highest BCUT2D eigenvalue weighted by atomic mass is 32.2. The van der Waals surface area contributed by atoms with E-state index in [1.807, 2.05) is 0 Å². The molecule has 1 N–H and O–H groups in total. The van der Waals surface area contributed by atoms with Crippen molar-refractivity contribution in [3.05, 3.63) is 30.1 Å². The topological polar surface area (TPSA) is 76.1 Å². The highest BCUT2D eigenvalue weighted by Gasteiger charge is 2.33. The van der Waals surface area contributed by atoms with Crippen molar-refractivity contribution in [1.82, 2.24) is 10.3 Å². The van der Waals surface area contributed by atoms with Gasteiger partial charge in [0.1, 0.15) is 11.4 Å². The molecule has 0 spiro atoms. The van der Waals surface area contributed by atoms with Crippen molar-refractivity contribution in [2.24, 2.45) is 0 Å². The van der Waals surface area contributed by atoms with Crippen molar-refractivity contribution in [3.8, 4) is 0 Å². The molecule has 1 aromatic rings. The van der Waals surface area contributed by atoms with Gasteiger partial charge in [0.2, 0.25) is 11.8 Å². The van der Waals surface area contributed by atoms with E-state index in [0.717, 1.165) is 11.8 Å². The summed E-state index contributed by atoms with van der Waals surface area (Å²) in [5, 5.41) is 1.25. The smallest absolute Gasteiger partial charge is 0.247 e. The van der Waals surface area contributed by atoms with Crippen molar-refractivity contribution < 1.29 is 14.4 Å². The first-order valence-electron chi connectivity index (χ1n) is 4.50. The van der Waals surface area contributed by atoms with Crippen molar-refractivity contribution in [3.63, 3.8) is 0 Å². The van der Waals surface area contributed by atoms with Crippen LogP contribution in [0.4, 0.5) is 0 Å². The number of hydrogen-bond donors (Lipinski definition) is 1. The maximum absolute atomic E-state index is 11.9. The fourth-order valence-electron chi connectivity index (χ4n) is 1.27. The Morgan fingerprint density at radius 3 is 3.00 bits per heavy atom. The molecule has 1 fully saturated rings. The Bertz CT molecular complexity index is 447. The summed E-state index contributed by atoms with van der Waals surface area (Å²) in [5.41, 5.74) is 0.254. The van der Waals surface area contributed by atoms with Crippen LogP contribution in [0.15, 0.2) is 18.3 Å². The van der Waals surface area contributed by atoms with Gasteiger partial charge in [-0.15, -0.1) is 11.8 Å². The van der Waals surface area contributed by atoms with E-state index in [2.05, 4.69) is 16.5 Å². The molecule has 16 heavy (non-hydrogen) atoms. The van der Waals surface area contributed by atoms with Gasteiger partial charge in [0, 0.05) is 11.8 Å². The number of Topliss-reactive ketones (excluding diaryl/α,β-unsaturated/α-hetero) is 1. The second-order valence-corrected chi connectivity index (χ2v) is 4.22. The first kappa shape index (κ1) is 10.8. The number of nitrogens with zero attached hydrogens (tertiary/aromatic N) is 1. The lowest BCUT2D eigenvalue weighted by molar-refractivity contribution is -0.128. The second kappa shape index (κ2) is 4.44. The summed E-state index contributed by atoms with van der Waals surface area (Å²) in [4.78, 5) is 37.8. The average Bonchev–Trinajstić information content (AvgIpc) is 2.29. The van der Waals surface area contributed by atoms with E-state index in [4.69, 9.17) is 0 Å². The Morgan fingerprint density at radius 2 is 2.38 bits per heavy atom. The fraction of sp³-hybridized carbons (Fsp3) is 0.200. The third-order valence-corrected chi connectivity index (χ3v) is 3.18. The van der Waals surface area contributed by atoms with Crippen LogP contribution in [0.3, 0.4) is 0 Å². The number of rotatable bonds is 2. The summed E-state index contributed by atoms with van der Waals surface area (Å²) >= 11 is 1.02. The Balaban J connectivity index is 2.17. The number of pyridine rings is 1. The number of imide groups is 1. The van der Waals surface area contributed by atoms with Gasteiger partial charge < -0.3 is 0 Å². The molecular formula is C10H7N2O3S. The molecule has 1 unspecified atom stereocenters. The molecule has 0 aromatic carbocycles. The Morgan fingerprint density at radius 1 is 1.56 bits per heavy atom. The summed E-state index contributed by atoms with van der Waals surface area (Å²) in [6, 6.07) is 3.14. The van der Waals surface area contributed by atoms with Gasteiger partial charge in [-0.05, 0) is 12.1 Å². The van der Waals surface area contributed by atoms with Gasteiger partial charge in [-0.1, -0.05) is 0 Å². The van der Waals surface area contributed by atoms with E-state index in [9.17, 15) is 14.4 Å². The number of aromatic nitrogens is 1. The fourth-order valence-corrected chi connectivity index (χ4v) is 2.15. The van der Waals surface area contributed by atoms with E-state index < -0.39 is 11.2 Å². The first-order chi connectivity index (χ1) is 7.68. The summed E-state index contributed by atoms with van der Waals surface area (Å²) in [6.07, 6.45) is 4.01. The first-order valence-corrected chi connectivity index (χ1v) is 5.55. The molecular weight excluding hydrogens is 228 g/mol. The molecule has 2 rings (SSSR count). The molecule has 81 valence electrons. The zero-order valence-electron chi connectivity index (χ0n) is 8.10. The molecule has 6 heteroatoms. The Labute approximate surface area is 95.6 Å². The minimum absolute atomic E-state index is 0.114. The molecule has 2 amide bonds. The van der Waals surface area contributed by atoms with E-state index >= 15 is 0 Å². The van der Waals surface area contributed by atoms with Crippen LogP contribution in [-0.2, 0) is 9.59 Å². The quantitative estimate of drug-likeness (QED) is 0.437. The third-order valence-electron chi connectivity index (χ3n) is 1.99. The van der Waals surface area contributed by atoms with Crippen LogP contribution >= 0.6 is 11.8 Å². The normalized spacial score (nSPS) is 20.4. The van der Waals surface area contributed by atoms with Gasteiger partial charge in [-0.2, -0.15) is 0 Å². The van der Waals surface area contributed by atoms with Crippen LogP contribution in [0.2, 0.25) is 0 Å². The summed E-state index contributed by atoms with van der Waals surface area (Å²) in [7, 11) is 0. The van der Waals surface area contributed by atoms with Crippen molar-refractivity contribution in [2.75, 3.05) is 5.75 Å². The SMILES string of the molecule is O=C1CSC(C(=O)c2[c]nccc2)C(=O)N1. The molecule has 5 nitrogen and oxygen atoms in total. The average molecular weight is 235 g/mol. The molecule has 0 bridgehead atoms. The van der Waals surface area contributed by atoms with Gasteiger partial charge in [-0.3, -0.25) is 24.7 Å². The lowest BCUT2D eigenvalue weighted by Crippen LogP contribution is -2.46. The Kier molecular flexibility index (Phi) is 3.00. The van der Waals surface area contributed by atoms with Crippen molar-refractivity contribution >= 4 is 29.4 Å². The number of carbonyl (C=O) groups excluding carboxylic acids is 3. The van der Waals surface area contributed by atoms with Gasteiger partial charge in [0.15, 0.2) is 5.78 Å². The highest BCUT2D eigenvalue weighted by Crippen LogP contribution is 2.19. The molecule has 0 saturated carbocycles. The maximum atomic E-state index is 11.9. The predicted octanol–water partition coefficient (Wildman–Crippen LogP) is -0.177. The maximum Gasteiger partial charge on any atom is 0.247 e. The number of ketones is 1. The number of hydrogen-bond acceptors (Lipinski definition) is 5. The van der Waals surface area contributed by atoms with Gasteiger partial charge in [0.05, 0.1) is 5.75 Å². The molecule has 1 aromatic heterocycles. The molecule has 1 aliphatic rings. The van der Waals surface area contributed by atoms with E-state index in [1.54, 1.807) is 12.1 Å². The standard InChI is InChI=1S/C10H7N2O3S/c13-7-5-16-9(10(15)12-7)8(14)6-2-1-3-11-4-6/h1-3,9H,5H2,(H,12,13,15). The predicted molar refractivity (Wildman–Crippen MR) is 56.8 cm³/mol. The minimum Gasteiger partial charge on any atom is -0.294 e. The molecule has 2 heterocycles. The lowest BCUT2D eigenvalue weighted by Gasteiger charge is -2.18. The van der Waals surface area contributed by atoms with Crippen molar-refractivity contribution in [1.29, 1.82) is 0 Å². The highest BCUT2D eigenvalue weighted by molar-refractivity contribution is 8.02. The zero-order valence-corrected chi connectivity index (χ0v) is 8.91. The molecule has 0 aliphatic carbocycles. The van der Waals surface area contributed by atoms with Crippen LogP contribution in [0, 0.1) is 6.20 Å².